The van der Waals surface area contributed by atoms with Gasteiger partial charge in [-0.1, -0.05) is 44.9 Å². The fourth-order valence-corrected chi connectivity index (χ4v) is 2.72. The van der Waals surface area contributed by atoms with Gasteiger partial charge in [-0.3, -0.25) is 4.79 Å². The van der Waals surface area contributed by atoms with Gasteiger partial charge in [0.1, 0.15) is 11.5 Å². The number of carbonyl (C=O) groups is 1. The number of ether oxygens (including phenoxy) is 2. The largest absolute Gasteiger partial charge is 0.511 e. The lowest BCUT2D eigenvalue weighted by Gasteiger charge is -2.32. The summed E-state index contributed by atoms with van der Waals surface area (Å²) in [6, 6.07) is 6.31. The van der Waals surface area contributed by atoms with E-state index in [1.807, 2.05) is 0 Å². The molecule has 0 spiro atoms. The highest BCUT2D eigenvalue weighted by Gasteiger charge is 2.35. The lowest BCUT2D eigenvalue weighted by atomic mass is 9.90. The minimum absolute atomic E-state index is 0.103. The van der Waals surface area contributed by atoms with Crippen LogP contribution in [0.1, 0.15) is 49.9 Å². The Labute approximate surface area is 154 Å². The highest BCUT2D eigenvalue weighted by molar-refractivity contribution is 6.02. The van der Waals surface area contributed by atoms with Crippen molar-refractivity contribution < 1.29 is 24.5 Å². The van der Waals surface area contributed by atoms with Crippen molar-refractivity contribution in [2.45, 2.75) is 45.3 Å². The number of para-hydroxylation sites is 1. The monoisotopic (exact) mass is 360 g/mol. The number of rotatable bonds is 10. The lowest BCUT2D eigenvalue weighted by molar-refractivity contribution is -0.175. The Balaban J connectivity index is 2.19. The molecule has 0 radical (unpaired) electrons. The van der Waals surface area contributed by atoms with Gasteiger partial charge in [-0.05, 0) is 31.1 Å². The maximum absolute atomic E-state index is 12.7. The number of hydrogen-bond donors (Lipinski definition) is 2. The summed E-state index contributed by atoms with van der Waals surface area (Å²) in [6.45, 7) is 5.13. The molecule has 5 heteroatoms. The van der Waals surface area contributed by atoms with E-state index in [2.05, 4.69) is 13.8 Å². The van der Waals surface area contributed by atoms with Crippen LogP contribution in [0.5, 0.6) is 5.75 Å². The number of aliphatic hydroxyl groups excluding tert-OH is 1. The van der Waals surface area contributed by atoms with Gasteiger partial charge in [0.2, 0.25) is 5.79 Å². The summed E-state index contributed by atoms with van der Waals surface area (Å²) in [5.41, 5.74) is 0.174. The number of phenols is 1. The molecule has 1 aliphatic carbocycles. The van der Waals surface area contributed by atoms with Gasteiger partial charge < -0.3 is 19.7 Å². The van der Waals surface area contributed by atoms with Crippen molar-refractivity contribution in [3.8, 4) is 5.75 Å². The first-order valence-corrected chi connectivity index (χ1v) is 9.24. The molecule has 26 heavy (non-hydrogen) atoms. The van der Waals surface area contributed by atoms with Crippen LogP contribution in [0.25, 0.3) is 0 Å². The molecule has 5 nitrogen and oxygen atoms in total. The Morgan fingerprint density at radius 2 is 1.69 bits per heavy atom. The number of unbranched alkanes of at least 4 members (excludes halogenated alkanes) is 2. The number of phenolic OH excluding ortho intramolecular Hbond substituents is 1. The zero-order valence-electron chi connectivity index (χ0n) is 15.5. The third kappa shape index (κ3) is 4.96. The van der Waals surface area contributed by atoms with Crippen LogP contribution >= 0.6 is 0 Å². The van der Waals surface area contributed by atoms with Crippen LogP contribution in [-0.2, 0) is 9.47 Å². The van der Waals surface area contributed by atoms with Crippen LogP contribution in [0.3, 0.4) is 0 Å². The molecule has 0 aliphatic heterocycles. The summed E-state index contributed by atoms with van der Waals surface area (Å²) in [5.74, 6) is -2.61. The van der Waals surface area contributed by atoms with E-state index >= 15 is 0 Å². The number of hydrogen-bond acceptors (Lipinski definition) is 5. The van der Waals surface area contributed by atoms with E-state index in [1.54, 1.807) is 24.3 Å². The average Bonchev–Trinajstić information content (AvgIpc) is 2.62. The molecule has 0 saturated carbocycles. The molecule has 1 atom stereocenters. The zero-order chi connectivity index (χ0) is 19.0. The molecule has 0 amide bonds. The van der Waals surface area contributed by atoms with Crippen LogP contribution in [-0.4, -0.2) is 35.0 Å². The fraction of sp³-hybridized carbons (Fsp3) is 0.476. The molecule has 0 heterocycles. The van der Waals surface area contributed by atoms with Gasteiger partial charge in [-0.2, -0.15) is 0 Å². The van der Waals surface area contributed by atoms with Gasteiger partial charge in [0, 0.05) is 6.08 Å². The van der Waals surface area contributed by atoms with Crippen LogP contribution < -0.4 is 0 Å². The predicted octanol–water partition coefficient (Wildman–Crippen LogP) is 4.53. The number of Topliss-reactive ketones (excluding diaryl/α,β-unsaturated/α-hetero) is 1. The fourth-order valence-electron chi connectivity index (χ4n) is 2.72. The van der Waals surface area contributed by atoms with Crippen LogP contribution in [0.15, 0.2) is 48.3 Å². The molecule has 142 valence electrons. The Morgan fingerprint density at radius 3 is 2.23 bits per heavy atom. The first-order valence-electron chi connectivity index (χ1n) is 9.24. The van der Waals surface area contributed by atoms with E-state index in [-0.39, 0.29) is 22.9 Å². The number of ketones is 1. The quantitative estimate of drug-likeness (QED) is 0.277. The Morgan fingerprint density at radius 1 is 1.08 bits per heavy atom. The average molecular weight is 360 g/mol. The molecule has 2 rings (SSSR count). The van der Waals surface area contributed by atoms with Gasteiger partial charge in [0.15, 0.2) is 5.78 Å². The standard InChI is InChI=1S/C21H28O5/c1-3-5-13-25-21(26-14-6-4-2)12-11-17(19(23)15-21)20(24)16-9-7-8-10-18(16)22/h7-12,15,17,22-23H,3-6,13-14H2,1-2H3. The molecular weight excluding hydrogens is 332 g/mol. The summed E-state index contributed by atoms with van der Waals surface area (Å²) in [4.78, 5) is 12.7. The number of benzene rings is 1. The molecule has 0 bridgehead atoms. The number of aromatic hydroxyl groups is 1. The van der Waals surface area contributed by atoms with Gasteiger partial charge in [-0.15, -0.1) is 0 Å². The van der Waals surface area contributed by atoms with Crippen molar-refractivity contribution in [3.05, 3.63) is 53.8 Å². The SMILES string of the molecule is CCCCOC1(OCCCC)C=CC(C(=O)c2ccccc2O)C(O)=C1. The first kappa shape index (κ1) is 20.2. The second-order valence-electron chi connectivity index (χ2n) is 6.41. The summed E-state index contributed by atoms with van der Waals surface area (Å²) in [5, 5.41) is 20.4. The van der Waals surface area contributed by atoms with Crippen molar-refractivity contribution in [2.24, 2.45) is 5.92 Å². The van der Waals surface area contributed by atoms with Crippen molar-refractivity contribution in [1.82, 2.24) is 0 Å². The van der Waals surface area contributed by atoms with Crippen molar-refractivity contribution in [2.75, 3.05) is 13.2 Å². The van der Waals surface area contributed by atoms with Crippen LogP contribution in [0.4, 0.5) is 0 Å². The molecule has 1 aromatic carbocycles. The number of aliphatic hydroxyl groups is 1. The van der Waals surface area contributed by atoms with Crippen molar-refractivity contribution in [3.63, 3.8) is 0 Å². The van der Waals surface area contributed by atoms with E-state index in [0.29, 0.717) is 13.2 Å². The Bertz CT molecular complexity index is 652. The molecule has 1 aliphatic rings. The smallest absolute Gasteiger partial charge is 0.211 e. The third-order valence-electron chi connectivity index (χ3n) is 4.29. The van der Waals surface area contributed by atoms with E-state index in [0.717, 1.165) is 25.7 Å². The second-order valence-corrected chi connectivity index (χ2v) is 6.41. The van der Waals surface area contributed by atoms with Gasteiger partial charge >= 0.3 is 0 Å². The second kappa shape index (κ2) is 9.55. The highest BCUT2D eigenvalue weighted by atomic mass is 16.7. The molecule has 1 unspecified atom stereocenters. The van der Waals surface area contributed by atoms with Crippen LogP contribution in [0.2, 0.25) is 0 Å². The number of allylic oxidation sites excluding steroid dienone is 1. The molecular formula is C21H28O5. The summed E-state index contributed by atoms with van der Waals surface area (Å²) in [6.07, 6.45) is 8.45. The van der Waals surface area contributed by atoms with E-state index in [4.69, 9.17) is 9.47 Å². The van der Waals surface area contributed by atoms with E-state index in [9.17, 15) is 15.0 Å². The number of carbonyl (C=O) groups excluding carboxylic acids is 1. The normalized spacial score (nSPS) is 18.5. The highest BCUT2D eigenvalue weighted by Crippen LogP contribution is 2.32. The topological polar surface area (TPSA) is 76.0 Å². The minimum atomic E-state index is -1.15. The third-order valence-corrected chi connectivity index (χ3v) is 4.29. The van der Waals surface area contributed by atoms with Crippen LogP contribution in [0, 0.1) is 5.92 Å². The summed E-state index contributed by atoms with van der Waals surface area (Å²) >= 11 is 0. The maximum Gasteiger partial charge on any atom is 0.211 e. The van der Waals surface area contributed by atoms with E-state index in [1.165, 1.54) is 18.2 Å². The maximum atomic E-state index is 12.7. The summed E-state index contributed by atoms with van der Waals surface area (Å²) < 4.78 is 11.8. The Kier molecular flexibility index (Phi) is 7.42. The lowest BCUT2D eigenvalue weighted by Crippen LogP contribution is -2.36. The van der Waals surface area contributed by atoms with E-state index < -0.39 is 11.7 Å². The molecule has 2 N–H and O–H groups in total. The molecule has 0 saturated heterocycles. The van der Waals surface area contributed by atoms with Crippen molar-refractivity contribution >= 4 is 5.78 Å². The summed E-state index contributed by atoms with van der Waals surface area (Å²) in [7, 11) is 0. The van der Waals surface area contributed by atoms with Crippen molar-refractivity contribution in [1.29, 1.82) is 0 Å². The first-order chi connectivity index (χ1) is 12.5. The molecule has 0 fully saturated rings. The molecule has 1 aromatic rings. The minimum Gasteiger partial charge on any atom is -0.511 e. The van der Waals surface area contributed by atoms with Gasteiger partial charge in [0.05, 0.1) is 24.7 Å². The molecule has 0 aromatic heterocycles. The van der Waals surface area contributed by atoms with Gasteiger partial charge in [0.25, 0.3) is 0 Å². The predicted molar refractivity (Wildman–Crippen MR) is 100 cm³/mol. The Hall–Kier alpha value is -2.11. The zero-order valence-corrected chi connectivity index (χ0v) is 15.5. The van der Waals surface area contributed by atoms with Gasteiger partial charge in [-0.25, -0.2) is 0 Å².